The molecule has 152 valence electrons. The zero-order valence-electron chi connectivity index (χ0n) is 15.9. The highest BCUT2D eigenvalue weighted by atomic mass is 35.5. The maximum absolute atomic E-state index is 13.1. The molecule has 1 aliphatic rings. The Bertz CT molecular complexity index is 931. The fourth-order valence-electron chi connectivity index (χ4n) is 3.37. The third-order valence-corrected chi connectivity index (χ3v) is 5.33. The minimum absolute atomic E-state index is 0.0314. The second-order valence-electron chi connectivity index (χ2n) is 6.92. The van der Waals surface area contributed by atoms with E-state index >= 15 is 0 Å². The molecule has 1 fully saturated rings. The van der Waals surface area contributed by atoms with E-state index in [1.165, 1.54) is 6.20 Å². The van der Waals surface area contributed by atoms with E-state index < -0.39 is 11.8 Å². The summed E-state index contributed by atoms with van der Waals surface area (Å²) in [6.45, 7) is -0.206. The summed E-state index contributed by atoms with van der Waals surface area (Å²) in [4.78, 5) is 43.1. The van der Waals surface area contributed by atoms with E-state index in [4.69, 9.17) is 27.9 Å². The maximum atomic E-state index is 13.1. The molecular weight excluding hydrogens is 415 g/mol. The highest BCUT2D eigenvalue weighted by molar-refractivity contribution is 6.30. The second kappa shape index (κ2) is 9.37. The molecule has 2 aromatic rings. The Labute approximate surface area is 178 Å². The summed E-state index contributed by atoms with van der Waals surface area (Å²) < 4.78 is 5.36. The van der Waals surface area contributed by atoms with Gasteiger partial charge in [-0.05, 0) is 48.2 Å². The average molecular weight is 435 g/mol. The molecule has 0 aliphatic carbocycles. The van der Waals surface area contributed by atoms with Crippen molar-refractivity contribution in [3.63, 3.8) is 0 Å². The number of amides is 2. The normalized spacial score (nSPS) is 17.2. The van der Waals surface area contributed by atoms with Gasteiger partial charge in [-0.1, -0.05) is 29.3 Å². The molecular formula is C21H20Cl2N2O4. The van der Waals surface area contributed by atoms with Crippen molar-refractivity contribution in [2.45, 2.75) is 25.7 Å². The molecule has 0 saturated carbocycles. The molecule has 2 amide bonds. The number of nitrogens with zero attached hydrogens (tertiary/aromatic N) is 2. The standard InChI is InChI=1S/C21H20Cl2N2O4/c1-29-18-6-4-16(22)10-15(18)9-14-3-5-17(26)12-25(21(14)28)20(27)8-13-2-7-19(23)24-11-13/h2,4,6-7,10-11,14H,3,5,8-9,12H2,1H3. The van der Waals surface area contributed by atoms with Gasteiger partial charge in [0, 0.05) is 23.6 Å². The summed E-state index contributed by atoms with van der Waals surface area (Å²) >= 11 is 11.9. The first-order valence-corrected chi connectivity index (χ1v) is 9.91. The third kappa shape index (κ3) is 5.34. The van der Waals surface area contributed by atoms with Crippen molar-refractivity contribution in [3.8, 4) is 5.75 Å². The van der Waals surface area contributed by atoms with Gasteiger partial charge < -0.3 is 4.74 Å². The predicted octanol–water partition coefficient (Wildman–Crippen LogP) is 3.52. The lowest BCUT2D eigenvalue weighted by molar-refractivity contribution is -0.148. The van der Waals surface area contributed by atoms with Crippen LogP contribution in [0.4, 0.5) is 0 Å². The highest BCUT2D eigenvalue weighted by Gasteiger charge is 2.34. The van der Waals surface area contributed by atoms with Crippen molar-refractivity contribution in [3.05, 3.63) is 57.8 Å². The van der Waals surface area contributed by atoms with Gasteiger partial charge in [0.1, 0.15) is 10.9 Å². The number of likely N-dealkylation sites (tertiary alicyclic amines) is 1. The Hall–Kier alpha value is -2.44. The van der Waals surface area contributed by atoms with Gasteiger partial charge >= 0.3 is 0 Å². The first kappa shape index (κ1) is 21.3. The van der Waals surface area contributed by atoms with Crippen LogP contribution in [-0.2, 0) is 27.2 Å². The smallest absolute Gasteiger partial charge is 0.234 e. The average Bonchev–Trinajstić information content (AvgIpc) is 2.83. The quantitative estimate of drug-likeness (QED) is 0.672. The largest absolute Gasteiger partial charge is 0.496 e. The molecule has 0 N–H and O–H groups in total. The fourth-order valence-corrected chi connectivity index (χ4v) is 3.67. The van der Waals surface area contributed by atoms with Gasteiger partial charge in [-0.15, -0.1) is 0 Å². The van der Waals surface area contributed by atoms with Crippen LogP contribution in [-0.4, -0.2) is 41.1 Å². The first-order chi connectivity index (χ1) is 13.9. The van der Waals surface area contributed by atoms with Crippen molar-refractivity contribution in [2.24, 2.45) is 5.92 Å². The molecule has 1 unspecified atom stereocenters. The Balaban J connectivity index is 1.80. The van der Waals surface area contributed by atoms with Crippen LogP contribution in [0, 0.1) is 5.92 Å². The van der Waals surface area contributed by atoms with Crippen molar-refractivity contribution in [2.75, 3.05) is 13.7 Å². The molecule has 3 rings (SSSR count). The predicted molar refractivity (Wildman–Crippen MR) is 109 cm³/mol. The molecule has 0 spiro atoms. The Morgan fingerprint density at radius 3 is 2.72 bits per heavy atom. The van der Waals surface area contributed by atoms with E-state index in [-0.39, 0.29) is 31.1 Å². The van der Waals surface area contributed by atoms with Gasteiger partial charge in [0.25, 0.3) is 0 Å². The molecule has 0 radical (unpaired) electrons. The van der Waals surface area contributed by atoms with Crippen LogP contribution in [0.5, 0.6) is 5.75 Å². The molecule has 1 aliphatic heterocycles. The summed E-state index contributed by atoms with van der Waals surface area (Å²) in [5, 5.41) is 0.846. The van der Waals surface area contributed by atoms with Crippen LogP contribution in [0.15, 0.2) is 36.5 Å². The second-order valence-corrected chi connectivity index (χ2v) is 7.74. The summed E-state index contributed by atoms with van der Waals surface area (Å²) in [7, 11) is 1.54. The number of hydrogen-bond donors (Lipinski definition) is 0. The number of methoxy groups -OCH3 is 1. The SMILES string of the molecule is COc1ccc(Cl)cc1CC1CCC(=O)CN(C(=O)Cc2ccc(Cl)nc2)C1=O. The van der Waals surface area contributed by atoms with E-state index in [0.29, 0.717) is 34.3 Å². The number of pyridine rings is 1. The van der Waals surface area contributed by atoms with Crippen LogP contribution in [0.2, 0.25) is 10.2 Å². The van der Waals surface area contributed by atoms with E-state index in [1.807, 2.05) is 0 Å². The zero-order valence-corrected chi connectivity index (χ0v) is 17.4. The number of ether oxygens (including phenoxy) is 1. The Kier molecular flexibility index (Phi) is 6.87. The van der Waals surface area contributed by atoms with Crippen LogP contribution < -0.4 is 4.74 Å². The lowest BCUT2D eigenvalue weighted by atomic mass is 9.93. The van der Waals surface area contributed by atoms with Gasteiger partial charge in [-0.2, -0.15) is 0 Å². The number of ketones is 1. The van der Waals surface area contributed by atoms with Crippen molar-refractivity contribution in [1.29, 1.82) is 0 Å². The summed E-state index contributed by atoms with van der Waals surface area (Å²) in [6.07, 6.45) is 2.41. The van der Waals surface area contributed by atoms with Gasteiger partial charge in [0.2, 0.25) is 11.8 Å². The topological polar surface area (TPSA) is 76.6 Å². The van der Waals surface area contributed by atoms with E-state index in [2.05, 4.69) is 4.98 Å². The van der Waals surface area contributed by atoms with E-state index in [0.717, 1.165) is 10.5 Å². The van der Waals surface area contributed by atoms with Gasteiger partial charge in [0.15, 0.2) is 5.78 Å². The number of halogens is 2. The number of carbonyl (C=O) groups is 3. The third-order valence-electron chi connectivity index (χ3n) is 4.88. The molecule has 2 heterocycles. The van der Waals surface area contributed by atoms with Gasteiger partial charge in [-0.3, -0.25) is 19.3 Å². The number of imide groups is 1. The maximum Gasteiger partial charge on any atom is 0.234 e. The van der Waals surface area contributed by atoms with Crippen molar-refractivity contribution < 1.29 is 19.1 Å². The number of carbonyl (C=O) groups excluding carboxylic acids is 3. The molecule has 1 atom stereocenters. The van der Waals surface area contributed by atoms with E-state index in [9.17, 15) is 14.4 Å². The van der Waals surface area contributed by atoms with Crippen LogP contribution >= 0.6 is 23.2 Å². The highest BCUT2D eigenvalue weighted by Crippen LogP contribution is 2.29. The van der Waals surface area contributed by atoms with Crippen LogP contribution in [0.25, 0.3) is 0 Å². The number of aromatic nitrogens is 1. The zero-order chi connectivity index (χ0) is 21.0. The Morgan fingerprint density at radius 2 is 2.03 bits per heavy atom. The van der Waals surface area contributed by atoms with Crippen molar-refractivity contribution >= 4 is 40.8 Å². The van der Waals surface area contributed by atoms with Gasteiger partial charge in [0.05, 0.1) is 20.1 Å². The number of rotatable bonds is 5. The monoisotopic (exact) mass is 434 g/mol. The summed E-state index contributed by atoms with van der Waals surface area (Å²) in [5.74, 6) is -0.826. The fraction of sp³-hybridized carbons (Fsp3) is 0.333. The number of benzene rings is 1. The molecule has 8 heteroatoms. The molecule has 1 aromatic carbocycles. The first-order valence-electron chi connectivity index (χ1n) is 9.16. The molecule has 6 nitrogen and oxygen atoms in total. The minimum Gasteiger partial charge on any atom is -0.496 e. The lowest BCUT2D eigenvalue weighted by Gasteiger charge is -2.23. The van der Waals surface area contributed by atoms with Gasteiger partial charge in [-0.25, -0.2) is 4.98 Å². The minimum atomic E-state index is -0.513. The molecule has 1 aromatic heterocycles. The van der Waals surface area contributed by atoms with Crippen molar-refractivity contribution in [1.82, 2.24) is 9.88 Å². The number of Topliss-reactive ketones (excluding diaryl/α,β-unsaturated/α-hetero) is 1. The van der Waals surface area contributed by atoms with Crippen LogP contribution in [0.1, 0.15) is 24.0 Å². The summed E-state index contributed by atoms with van der Waals surface area (Å²) in [6, 6.07) is 8.43. The molecule has 0 bridgehead atoms. The Morgan fingerprint density at radius 1 is 1.24 bits per heavy atom. The molecule has 29 heavy (non-hydrogen) atoms. The number of hydrogen-bond acceptors (Lipinski definition) is 5. The summed E-state index contributed by atoms with van der Waals surface area (Å²) in [5.41, 5.74) is 1.39. The van der Waals surface area contributed by atoms with Crippen LogP contribution in [0.3, 0.4) is 0 Å². The lowest BCUT2D eigenvalue weighted by Crippen LogP contribution is -2.42. The van der Waals surface area contributed by atoms with E-state index in [1.54, 1.807) is 37.4 Å². The molecule has 1 saturated heterocycles.